The van der Waals surface area contributed by atoms with Crippen LogP contribution in [-0.2, 0) is 0 Å². The molecule has 0 spiro atoms. The molecule has 3 rings (SSSR count). The van der Waals surface area contributed by atoms with E-state index in [9.17, 15) is 4.39 Å². The molecule has 1 atom stereocenters. The standard InChI is InChI=1S/C12H11BrFN3O/c13-9-4-3-7(14)6-8(9)11-16-12(18-17-11)10-2-1-5-15-10/h3-4,6,10,15H,1-2,5H2. The first-order valence-electron chi connectivity index (χ1n) is 5.76. The van der Waals surface area contributed by atoms with E-state index in [1.54, 1.807) is 6.07 Å². The molecule has 0 amide bonds. The van der Waals surface area contributed by atoms with Crippen LogP contribution in [0.25, 0.3) is 11.4 Å². The van der Waals surface area contributed by atoms with Crippen LogP contribution in [0.2, 0.25) is 0 Å². The number of rotatable bonds is 2. The van der Waals surface area contributed by atoms with Gasteiger partial charge in [0, 0.05) is 10.0 Å². The fourth-order valence-corrected chi connectivity index (χ4v) is 2.47. The third kappa shape index (κ3) is 2.18. The Morgan fingerprint density at radius 1 is 1.44 bits per heavy atom. The number of benzene rings is 1. The zero-order valence-electron chi connectivity index (χ0n) is 9.49. The maximum atomic E-state index is 13.2. The number of hydrogen-bond donors (Lipinski definition) is 1. The van der Waals surface area contributed by atoms with Crippen molar-refractivity contribution in [2.75, 3.05) is 6.54 Å². The summed E-state index contributed by atoms with van der Waals surface area (Å²) >= 11 is 3.36. The molecule has 1 N–H and O–H groups in total. The normalized spacial score (nSPS) is 19.3. The molecule has 6 heteroatoms. The van der Waals surface area contributed by atoms with Crippen LogP contribution in [0.5, 0.6) is 0 Å². The summed E-state index contributed by atoms with van der Waals surface area (Å²) in [7, 11) is 0. The second-order valence-corrected chi connectivity index (χ2v) is 5.08. The first-order chi connectivity index (χ1) is 8.74. The molecule has 2 heterocycles. The second-order valence-electron chi connectivity index (χ2n) is 4.23. The molecule has 1 saturated heterocycles. The van der Waals surface area contributed by atoms with Gasteiger partial charge in [0.2, 0.25) is 11.7 Å². The summed E-state index contributed by atoms with van der Waals surface area (Å²) in [6, 6.07) is 4.53. The Hall–Kier alpha value is -1.27. The Morgan fingerprint density at radius 2 is 2.33 bits per heavy atom. The van der Waals surface area contributed by atoms with Gasteiger partial charge in [-0.1, -0.05) is 21.1 Å². The number of aromatic nitrogens is 2. The molecule has 0 saturated carbocycles. The highest BCUT2D eigenvalue weighted by atomic mass is 79.9. The fourth-order valence-electron chi connectivity index (χ4n) is 2.05. The van der Waals surface area contributed by atoms with Crippen LogP contribution in [0, 0.1) is 5.82 Å². The maximum absolute atomic E-state index is 13.2. The largest absolute Gasteiger partial charge is 0.337 e. The van der Waals surface area contributed by atoms with Crippen molar-refractivity contribution in [2.24, 2.45) is 0 Å². The van der Waals surface area contributed by atoms with Gasteiger partial charge in [-0.2, -0.15) is 4.98 Å². The van der Waals surface area contributed by atoms with E-state index in [4.69, 9.17) is 4.52 Å². The summed E-state index contributed by atoms with van der Waals surface area (Å²) in [6.45, 7) is 0.964. The molecule has 94 valence electrons. The van der Waals surface area contributed by atoms with Crippen LogP contribution < -0.4 is 5.32 Å². The second kappa shape index (κ2) is 4.78. The van der Waals surface area contributed by atoms with Gasteiger partial charge in [-0.15, -0.1) is 0 Å². The molecule has 0 radical (unpaired) electrons. The minimum Gasteiger partial charge on any atom is -0.337 e. The average molecular weight is 312 g/mol. The van der Waals surface area contributed by atoms with E-state index in [0.29, 0.717) is 17.3 Å². The Morgan fingerprint density at radius 3 is 3.11 bits per heavy atom. The highest BCUT2D eigenvalue weighted by molar-refractivity contribution is 9.10. The molecule has 1 aliphatic heterocycles. The third-order valence-electron chi connectivity index (χ3n) is 2.97. The maximum Gasteiger partial charge on any atom is 0.244 e. The minimum absolute atomic E-state index is 0.124. The van der Waals surface area contributed by atoms with Gasteiger partial charge < -0.3 is 9.84 Å². The van der Waals surface area contributed by atoms with Crippen LogP contribution in [0.3, 0.4) is 0 Å². The van der Waals surface area contributed by atoms with Gasteiger partial charge in [0.05, 0.1) is 6.04 Å². The van der Waals surface area contributed by atoms with Gasteiger partial charge >= 0.3 is 0 Å². The molecule has 1 aliphatic rings. The van der Waals surface area contributed by atoms with Crippen molar-refractivity contribution in [1.82, 2.24) is 15.5 Å². The summed E-state index contributed by atoms with van der Waals surface area (Å²) < 4.78 is 19.2. The minimum atomic E-state index is -0.321. The lowest BCUT2D eigenvalue weighted by atomic mass is 10.2. The molecule has 1 unspecified atom stereocenters. The van der Waals surface area contributed by atoms with Crippen molar-refractivity contribution < 1.29 is 8.91 Å². The zero-order valence-corrected chi connectivity index (χ0v) is 11.1. The van der Waals surface area contributed by atoms with Gasteiger partial charge in [0.1, 0.15) is 5.82 Å². The Kier molecular flexibility index (Phi) is 3.13. The van der Waals surface area contributed by atoms with Crippen molar-refractivity contribution in [1.29, 1.82) is 0 Å². The van der Waals surface area contributed by atoms with E-state index in [1.807, 2.05) is 0 Å². The molecule has 0 aliphatic carbocycles. The van der Waals surface area contributed by atoms with Gasteiger partial charge in [0.15, 0.2) is 0 Å². The van der Waals surface area contributed by atoms with E-state index in [1.165, 1.54) is 12.1 Å². The fraction of sp³-hybridized carbons (Fsp3) is 0.333. The first-order valence-corrected chi connectivity index (χ1v) is 6.56. The van der Waals surface area contributed by atoms with Crippen molar-refractivity contribution in [3.63, 3.8) is 0 Å². The summed E-state index contributed by atoms with van der Waals surface area (Å²) in [5.41, 5.74) is 0.600. The van der Waals surface area contributed by atoms with Crippen molar-refractivity contribution in [2.45, 2.75) is 18.9 Å². The summed E-state index contributed by atoms with van der Waals surface area (Å²) in [5, 5.41) is 7.19. The quantitative estimate of drug-likeness (QED) is 0.926. The lowest BCUT2D eigenvalue weighted by molar-refractivity contribution is 0.345. The van der Waals surface area contributed by atoms with E-state index >= 15 is 0 Å². The monoisotopic (exact) mass is 311 g/mol. The zero-order chi connectivity index (χ0) is 12.5. The van der Waals surface area contributed by atoms with Gasteiger partial charge in [-0.25, -0.2) is 4.39 Å². The molecule has 1 fully saturated rings. The van der Waals surface area contributed by atoms with Crippen LogP contribution in [0.4, 0.5) is 4.39 Å². The van der Waals surface area contributed by atoms with Gasteiger partial charge in [0.25, 0.3) is 0 Å². The highest BCUT2D eigenvalue weighted by Gasteiger charge is 2.23. The Balaban J connectivity index is 1.94. The molecular formula is C12H11BrFN3O. The predicted molar refractivity (Wildman–Crippen MR) is 67.4 cm³/mol. The lowest BCUT2D eigenvalue weighted by Crippen LogP contribution is -2.12. The molecule has 2 aromatic rings. The number of halogens is 2. The molecule has 1 aromatic carbocycles. The van der Waals surface area contributed by atoms with Crippen molar-refractivity contribution in [3.8, 4) is 11.4 Å². The number of nitrogens with one attached hydrogen (secondary N) is 1. The third-order valence-corrected chi connectivity index (χ3v) is 3.66. The first kappa shape index (κ1) is 11.8. The Bertz CT molecular complexity index is 566. The van der Waals surface area contributed by atoms with Crippen LogP contribution in [0.1, 0.15) is 24.8 Å². The topological polar surface area (TPSA) is 51.0 Å². The van der Waals surface area contributed by atoms with E-state index in [2.05, 4.69) is 31.4 Å². The van der Waals surface area contributed by atoms with Crippen LogP contribution in [0.15, 0.2) is 27.2 Å². The predicted octanol–water partition coefficient (Wildman–Crippen LogP) is 3.06. The SMILES string of the molecule is Fc1ccc(Br)c(-c2noc(C3CCCN3)n2)c1. The Labute approximate surface area is 112 Å². The smallest absolute Gasteiger partial charge is 0.244 e. The molecule has 18 heavy (non-hydrogen) atoms. The number of hydrogen-bond acceptors (Lipinski definition) is 4. The highest BCUT2D eigenvalue weighted by Crippen LogP contribution is 2.29. The van der Waals surface area contributed by atoms with Gasteiger partial charge in [-0.05, 0) is 37.6 Å². The van der Waals surface area contributed by atoms with Crippen molar-refractivity contribution >= 4 is 15.9 Å². The molecular weight excluding hydrogens is 301 g/mol. The van der Waals surface area contributed by atoms with Gasteiger partial charge in [-0.3, -0.25) is 0 Å². The van der Waals surface area contributed by atoms with E-state index in [-0.39, 0.29) is 11.9 Å². The molecule has 0 bridgehead atoms. The number of nitrogens with zero attached hydrogens (tertiary/aromatic N) is 2. The summed E-state index contributed by atoms with van der Waals surface area (Å²) in [6.07, 6.45) is 2.10. The van der Waals surface area contributed by atoms with Crippen molar-refractivity contribution in [3.05, 3.63) is 34.4 Å². The van der Waals surface area contributed by atoms with Crippen LogP contribution >= 0.6 is 15.9 Å². The molecule has 4 nitrogen and oxygen atoms in total. The van der Waals surface area contributed by atoms with E-state index < -0.39 is 0 Å². The average Bonchev–Trinajstić information content (AvgIpc) is 3.00. The summed E-state index contributed by atoms with van der Waals surface area (Å²) in [5.74, 6) is 0.655. The molecule has 1 aromatic heterocycles. The lowest BCUT2D eigenvalue weighted by Gasteiger charge is -2.01. The van der Waals surface area contributed by atoms with Crippen LogP contribution in [-0.4, -0.2) is 16.7 Å². The summed E-state index contributed by atoms with van der Waals surface area (Å²) in [4.78, 5) is 4.33. The van der Waals surface area contributed by atoms with E-state index in [0.717, 1.165) is 23.9 Å².